The highest BCUT2D eigenvalue weighted by Gasteiger charge is 2.29. The van der Waals surface area contributed by atoms with Gasteiger partial charge in [0.2, 0.25) is 0 Å². The van der Waals surface area contributed by atoms with Gasteiger partial charge in [0, 0.05) is 30.5 Å². The average molecular weight is 308 g/mol. The number of rotatable bonds is 1. The Hall–Kier alpha value is -2.57. The Balaban J connectivity index is 0.000000246. The largest absolute Gasteiger partial charge is 0.416 e. The van der Waals surface area contributed by atoms with E-state index in [1.807, 2.05) is 6.92 Å². The fourth-order valence-corrected chi connectivity index (χ4v) is 1.81. The summed E-state index contributed by atoms with van der Waals surface area (Å²) in [7, 11) is 0. The van der Waals surface area contributed by atoms with Gasteiger partial charge in [-0.15, -0.1) is 0 Å². The third kappa shape index (κ3) is 3.97. The Morgan fingerprint density at radius 3 is 2.05 bits per heavy atom. The van der Waals surface area contributed by atoms with Crippen molar-refractivity contribution < 1.29 is 13.2 Å². The van der Waals surface area contributed by atoms with E-state index in [0.29, 0.717) is 5.69 Å². The predicted molar refractivity (Wildman–Crippen MR) is 76.6 cm³/mol. The lowest BCUT2D eigenvalue weighted by atomic mass is 10.2. The molecule has 0 amide bonds. The number of H-pyrrole nitrogens is 1. The maximum Gasteiger partial charge on any atom is 0.416 e. The molecule has 2 heterocycles. The molecule has 0 fully saturated rings. The van der Waals surface area contributed by atoms with Crippen molar-refractivity contribution in [3.63, 3.8) is 0 Å². The highest BCUT2D eigenvalue weighted by Crippen LogP contribution is 2.29. The van der Waals surface area contributed by atoms with Crippen LogP contribution in [0.25, 0.3) is 5.69 Å². The molecule has 3 aromatic rings. The molecule has 2 aromatic heterocycles. The molecule has 3 rings (SSSR count). The monoisotopic (exact) mass is 308 g/mol. The van der Waals surface area contributed by atoms with Crippen molar-refractivity contribution in [1.82, 2.24) is 19.5 Å². The van der Waals surface area contributed by atoms with Crippen LogP contribution in [0.3, 0.4) is 0 Å². The zero-order valence-corrected chi connectivity index (χ0v) is 12.1. The molecule has 116 valence electrons. The molecule has 0 aliphatic carbocycles. The number of imidazole rings is 2. The number of benzene rings is 1. The van der Waals surface area contributed by atoms with Crippen LogP contribution in [-0.4, -0.2) is 19.5 Å². The fourth-order valence-electron chi connectivity index (χ4n) is 1.81. The van der Waals surface area contributed by atoms with Crippen molar-refractivity contribution >= 4 is 0 Å². The number of alkyl halides is 3. The SMILES string of the molecule is Cc1ncc[nH]1.Cc1nccn1-c1ccc(C(F)(F)F)cc1. The third-order valence-corrected chi connectivity index (χ3v) is 2.93. The van der Waals surface area contributed by atoms with Gasteiger partial charge in [-0.1, -0.05) is 0 Å². The summed E-state index contributed by atoms with van der Waals surface area (Å²) in [4.78, 5) is 10.8. The number of hydrogen-bond acceptors (Lipinski definition) is 2. The predicted octanol–water partition coefficient (Wildman–Crippen LogP) is 3.92. The van der Waals surface area contributed by atoms with Crippen LogP contribution in [0.5, 0.6) is 0 Å². The van der Waals surface area contributed by atoms with E-state index in [9.17, 15) is 13.2 Å². The van der Waals surface area contributed by atoms with Crippen LogP contribution in [-0.2, 0) is 6.18 Å². The van der Waals surface area contributed by atoms with Crippen LogP contribution >= 0.6 is 0 Å². The number of nitrogens with one attached hydrogen (secondary N) is 1. The Morgan fingerprint density at radius 2 is 1.68 bits per heavy atom. The van der Waals surface area contributed by atoms with Crippen molar-refractivity contribution in [1.29, 1.82) is 0 Å². The van der Waals surface area contributed by atoms with E-state index in [1.54, 1.807) is 36.3 Å². The molecule has 0 radical (unpaired) electrons. The average Bonchev–Trinajstić information content (AvgIpc) is 3.10. The highest BCUT2D eigenvalue weighted by molar-refractivity contribution is 5.36. The van der Waals surface area contributed by atoms with E-state index in [4.69, 9.17) is 0 Å². The molecule has 0 aliphatic rings. The summed E-state index contributed by atoms with van der Waals surface area (Å²) in [6, 6.07) is 4.98. The molecule has 1 aromatic carbocycles. The van der Waals surface area contributed by atoms with Gasteiger partial charge < -0.3 is 9.55 Å². The van der Waals surface area contributed by atoms with Crippen molar-refractivity contribution in [3.8, 4) is 5.69 Å². The van der Waals surface area contributed by atoms with Gasteiger partial charge in [-0.3, -0.25) is 0 Å². The lowest BCUT2D eigenvalue weighted by Crippen LogP contribution is -2.05. The van der Waals surface area contributed by atoms with E-state index in [2.05, 4.69) is 15.0 Å². The van der Waals surface area contributed by atoms with E-state index in [1.165, 1.54) is 12.1 Å². The summed E-state index contributed by atoms with van der Waals surface area (Å²) in [6.45, 7) is 3.71. The standard InChI is InChI=1S/C11H9F3N2.C4H6N2/c1-8-15-6-7-16(8)10-4-2-9(3-5-10)11(12,13)14;1-4-5-2-3-6-4/h2-7H,1H3;2-3H,1H3,(H,5,6). The maximum atomic E-state index is 12.3. The minimum Gasteiger partial charge on any atom is -0.349 e. The first-order chi connectivity index (χ1) is 10.4. The van der Waals surface area contributed by atoms with Crippen LogP contribution in [0.1, 0.15) is 17.2 Å². The van der Waals surface area contributed by atoms with Crippen LogP contribution in [0, 0.1) is 13.8 Å². The Morgan fingerprint density at radius 1 is 1.00 bits per heavy atom. The van der Waals surface area contributed by atoms with Crippen LogP contribution < -0.4 is 0 Å². The summed E-state index contributed by atoms with van der Waals surface area (Å²) in [5.41, 5.74) is 0.0250. The minimum absolute atomic E-state index is 0.644. The summed E-state index contributed by atoms with van der Waals surface area (Å²) >= 11 is 0. The molecule has 0 atom stereocenters. The lowest BCUT2D eigenvalue weighted by Gasteiger charge is -2.08. The number of aryl methyl sites for hydroxylation is 2. The van der Waals surface area contributed by atoms with Crippen molar-refractivity contribution in [2.24, 2.45) is 0 Å². The van der Waals surface area contributed by atoms with Gasteiger partial charge in [0.25, 0.3) is 0 Å². The van der Waals surface area contributed by atoms with Crippen molar-refractivity contribution in [2.75, 3.05) is 0 Å². The third-order valence-electron chi connectivity index (χ3n) is 2.93. The first kappa shape index (κ1) is 15.8. The Kier molecular flexibility index (Phi) is 4.65. The second-order valence-corrected chi connectivity index (χ2v) is 4.56. The molecule has 0 saturated carbocycles. The smallest absolute Gasteiger partial charge is 0.349 e. The Labute approximate surface area is 125 Å². The molecule has 22 heavy (non-hydrogen) atoms. The molecule has 0 aliphatic heterocycles. The maximum absolute atomic E-state index is 12.3. The molecule has 4 nitrogen and oxygen atoms in total. The second-order valence-electron chi connectivity index (χ2n) is 4.56. The van der Waals surface area contributed by atoms with Gasteiger partial charge in [0.15, 0.2) is 0 Å². The molecule has 0 unspecified atom stereocenters. The van der Waals surface area contributed by atoms with E-state index >= 15 is 0 Å². The number of halogens is 3. The molecular weight excluding hydrogens is 293 g/mol. The lowest BCUT2D eigenvalue weighted by molar-refractivity contribution is -0.137. The summed E-state index contributed by atoms with van der Waals surface area (Å²) in [6.07, 6.45) is 2.55. The molecule has 0 bridgehead atoms. The van der Waals surface area contributed by atoms with E-state index in [0.717, 1.165) is 23.8 Å². The van der Waals surface area contributed by atoms with Crippen LogP contribution in [0.15, 0.2) is 49.1 Å². The Bertz CT molecular complexity index is 697. The minimum atomic E-state index is -4.29. The molecule has 1 N–H and O–H groups in total. The second kappa shape index (κ2) is 6.46. The van der Waals surface area contributed by atoms with Gasteiger partial charge >= 0.3 is 6.18 Å². The van der Waals surface area contributed by atoms with E-state index in [-0.39, 0.29) is 0 Å². The first-order valence-electron chi connectivity index (χ1n) is 6.51. The molecule has 0 spiro atoms. The van der Waals surface area contributed by atoms with Crippen molar-refractivity contribution in [3.05, 3.63) is 66.3 Å². The number of aromatic amines is 1. The summed E-state index contributed by atoms with van der Waals surface area (Å²) in [5.74, 6) is 1.70. The number of nitrogens with zero attached hydrogens (tertiary/aromatic N) is 3. The topological polar surface area (TPSA) is 46.5 Å². The summed E-state index contributed by atoms with van der Waals surface area (Å²) < 4.78 is 38.7. The van der Waals surface area contributed by atoms with Crippen molar-refractivity contribution in [2.45, 2.75) is 20.0 Å². The van der Waals surface area contributed by atoms with Gasteiger partial charge in [0.05, 0.1) is 5.56 Å². The number of hydrogen-bond donors (Lipinski definition) is 1. The fraction of sp³-hybridized carbons (Fsp3) is 0.200. The molecule has 0 saturated heterocycles. The van der Waals surface area contributed by atoms with Crippen LogP contribution in [0.4, 0.5) is 13.2 Å². The van der Waals surface area contributed by atoms with Gasteiger partial charge in [-0.25, -0.2) is 9.97 Å². The van der Waals surface area contributed by atoms with Gasteiger partial charge in [-0.2, -0.15) is 13.2 Å². The normalized spacial score (nSPS) is 11.0. The molecular formula is C15H15F3N4. The number of aromatic nitrogens is 4. The van der Waals surface area contributed by atoms with Crippen LogP contribution in [0.2, 0.25) is 0 Å². The van der Waals surface area contributed by atoms with Gasteiger partial charge in [0.1, 0.15) is 11.6 Å². The first-order valence-corrected chi connectivity index (χ1v) is 6.51. The van der Waals surface area contributed by atoms with E-state index < -0.39 is 11.7 Å². The zero-order chi connectivity index (χ0) is 16.2. The molecule has 7 heteroatoms. The zero-order valence-electron chi connectivity index (χ0n) is 12.1. The summed E-state index contributed by atoms with van der Waals surface area (Å²) in [5, 5.41) is 0. The van der Waals surface area contributed by atoms with Gasteiger partial charge in [-0.05, 0) is 38.1 Å². The highest BCUT2D eigenvalue weighted by atomic mass is 19.4. The quantitative estimate of drug-likeness (QED) is 0.740.